The highest BCUT2D eigenvalue weighted by Gasteiger charge is 2.16. The highest BCUT2D eigenvalue weighted by molar-refractivity contribution is 7.25. The standard InChI is InChI=1S/C30H14N2S/c31-15-18-11-23-22-10-9-17-5-1-2-6-20(17)30(22)27-13-26-21-7-3-4-8-28(21)33-29(26)14-25(27)24(23)12-19(18)16-32/h1-14H. The fourth-order valence-corrected chi connectivity index (χ4v) is 6.34. The SMILES string of the molecule is N#Cc1cc2c(cc1C#N)c1ccc3ccccc3c1c1cc3c(cc21)sc1ccccc13. The van der Waals surface area contributed by atoms with Crippen LogP contribution in [0.15, 0.2) is 84.9 Å². The molecule has 0 atom stereocenters. The number of benzene rings is 6. The molecular weight excluding hydrogens is 420 g/mol. The second kappa shape index (κ2) is 6.53. The summed E-state index contributed by atoms with van der Waals surface area (Å²) in [7, 11) is 0. The number of nitrogens with zero attached hydrogens (tertiary/aromatic N) is 2. The van der Waals surface area contributed by atoms with E-state index in [4.69, 9.17) is 0 Å². The average Bonchev–Trinajstić information content (AvgIpc) is 3.24. The van der Waals surface area contributed by atoms with E-state index in [2.05, 4.69) is 84.9 Å². The Bertz CT molecular complexity index is 2050. The van der Waals surface area contributed by atoms with Gasteiger partial charge < -0.3 is 0 Å². The van der Waals surface area contributed by atoms with Crippen LogP contribution in [0.3, 0.4) is 0 Å². The number of hydrogen-bond donors (Lipinski definition) is 0. The second-order valence-electron chi connectivity index (χ2n) is 8.37. The molecule has 0 amide bonds. The lowest BCUT2D eigenvalue weighted by molar-refractivity contribution is 1.45. The number of hydrogen-bond acceptors (Lipinski definition) is 3. The molecule has 33 heavy (non-hydrogen) atoms. The van der Waals surface area contributed by atoms with Gasteiger partial charge in [0.1, 0.15) is 12.1 Å². The summed E-state index contributed by atoms with van der Waals surface area (Å²) in [6.07, 6.45) is 0. The van der Waals surface area contributed by atoms with Crippen LogP contribution < -0.4 is 0 Å². The van der Waals surface area contributed by atoms with Gasteiger partial charge >= 0.3 is 0 Å². The van der Waals surface area contributed by atoms with Crippen LogP contribution in [0.5, 0.6) is 0 Å². The Kier molecular flexibility index (Phi) is 3.59. The molecule has 0 aliphatic heterocycles. The zero-order valence-electron chi connectivity index (χ0n) is 17.4. The summed E-state index contributed by atoms with van der Waals surface area (Å²) >= 11 is 1.79. The van der Waals surface area contributed by atoms with Crippen LogP contribution >= 0.6 is 11.3 Å². The van der Waals surface area contributed by atoms with Crippen molar-refractivity contribution in [3.8, 4) is 12.1 Å². The molecule has 0 saturated carbocycles. The van der Waals surface area contributed by atoms with Gasteiger partial charge in [-0.1, -0.05) is 54.6 Å². The maximum atomic E-state index is 9.70. The van der Waals surface area contributed by atoms with Crippen molar-refractivity contribution in [2.45, 2.75) is 0 Å². The Morgan fingerprint density at radius 2 is 1.15 bits per heavy atom. The van der Waals surface area contributed by atoms with E-state index in [1.54, 1.807) is 11.3 Å². The fraction of sp³-hybridized carbons (Fsp3) is 0. The summed E-state index contributed by atoms with van der Waals surface area (Å²) in [5, 5.41) is 30.9. The maximum Gasteiger partial charge on any atom is 0.101 e. The van der Waals surface area contributed by atoms with E-state index >= 15 is 0 Å². The highest BCUT2D eigenvalue weighted by atomic mass is 32.1. The van der Waals surface area contributed by atoms with Gasteiger partial charge in [-0.15, -0.1) is 11.3 Å². The lowest BCUT2D eigenvalue weighted by atomic mass is 9.88. The van der Waals surface area contributed by atoms with Crippen molar-refractivity contribution in [2.75, 3.05) is 0 Å². The van der Waals surface area contributed by atoms with Crippen molar-refractivity contribution in [2.24, 2.45) is 0 Å². The Balaban J connectivity index is 1.84. The predicted molar refractivity (Wildman–Crippen MR) is 139 cm³/mol. The first-order chi connectivity index (χ1) is 16.3. The van der Waals surface area contributed by atoms with E-state index < -0.39 is 0 Å². The molecule has 0 aliphatic rings. The van der Waals surface area contributed by atoms with Gasteiger partial charge in [-0.25, -0.2) is 0 Å². The van der Waals surface area contributed by atoms with Crippen molar-refractivity contribution in [1.82, 2.24) is 0 Å². The maximum absolute atomic E-state index is 9.70. The minimum atomic E-state index is 0.418. The molecule has 0 saturated heterocycles. The number of nitriles is 2. The minimum Gasteiger partial charge on any atom is -0.192 e. The normalized spacial score (nSPS) is 11.6. The lowest BCUT2D eigenvalue weighted by Gasteiger charge is -2.14. The third-order valence-corrected chi connectivity index (χ3v) is 7.83. The van der Waals surface area contributed by atoms with E-state index in [0.29, 0.717) is 11.1 Å². The van der Waals surface area contributed by atoms with E-state index in [1.807, 2.05) is 12.1 Å². The van der Waals surface area contributed by atoms with Crippen molar-refractivity contribution < 1.29 is 0 Å². The summed E-state index contributed by atoms with van der Waals surface area (Å²) in [5.74, 6) is 0. The smallest absolute Gasteiger partial charge is 0.101 e. The Labute approximate surface area is 193 Å². The van der Waals surface area contributed by atoms with Crippen molar-refractivity contribution in [3.05, 3.63) is 96.1 Å². The average molecular weight is 435 g/mol. The van der Waals surface area contributed by atoms with Crippen LogP contribution in [0.4, 0.5) is 0 Å². The van der Waals surface area contributed by atoms with Gasteiger partial charge in [0, 0.05) is 20.2 Å². The monoisotopic (exact) mass is 434 g/mol. The molecule has 7 aromatic rings. The van der Waals surface area contributed by atoms with Gasteiger partial charge in [0.2, 0.25) is 0 Å². The van der Waals surface area contributed by atoms with Crippen LogP contribution in [0.1, 0.15) is 11.1 Å². The van der Waals surface area contributed by atoms with Gasteiger partial charge in [-0.05, 0) is 73.4 Å². The summed E-state index contributed by atoms with van der Waals surface area (Å²) in [4.78, 5) is 0. The fourth-order valence-electron chi connectivity index (χ4n) is 5.22. The zero-order chi connectivity index (χ0) is 22.1. The largest absolute Gasteiger partial charge is 0.192 e. The zero-order valence-corrected chi connectivity index (χ0v) is 18.2. The predicted octanol–water partition coefficient (Wildman–Crippen LogP) is 8.41. The first kappa shape index (κ1) is 18.2. The Morgan fingerprint density at radius 1 is 0.485 bits per heavy atom. The molecule has 2 nitrogen and oxygen atoms in total. The van der Waals surface area contributed by atoms with Crippen molar-refractivity contribution in [1.29, 1.82) is 10.5 Å². The first-order valence-corrected chi connectivity index (χ1v) is 11.5. The third kappa shape index (κ3) is 2.40. The van der Waals surface area contributed by atoms with E-state index in [9.17, 15) is 10.5 Å². The molecule has 0 bridgehead atoms. The van der Waals surface area contributed by atoms with Crippen LogP contribution in [0.2, 0.25) is 0 Å². The van der Waals surface area contributed by atoms with Crippen LogP contribution in [-0.2, 0) is 0 Å². The molecule has 1 aromatic heterocycles. The molecule has 0 spiro atoms. The summed E-state index contributed by atoms with van der Waals surface area (Å²) in [5.41, 5.74) is 0.838. The summed E-state index contributed by atoms with van der Waals surface area (Å²) < 4.78 is 2.50. The van der Waals surface area contributed by atoms with Crippen LogP contribution in [-0.4, -0.2) is 0 Å². The first-order valence-electron chi connectivity index (χ1n) is 10.7. The van der Waals surface area contributed by atoms with Gasteiger partial charge in [0.25, 0.3) is 0 Å². The number of rotatable bonds is 0. The molecule has 0 fully saturated rings. The van der Waals surface area contributed by atoms with Crippen LogP contribution in [0, 0.1) is 22.7 Å². The van der Waals surface area contributed by atoms with Crippen LogP contribution in [0.25, 0.3) is 63.3 Å². The van der Waals surface area contributed by atoms with Gasteiger partial charge in [-0.3, -0.25) is 0 Å². The van der Waals surface area contributed by atoms with Gasteiger partial charge in [-0.2, -0.15) is 10.5 Å². The molecule has 7 rings (SSSR count). The van der Waals surface area contributed by atoms with E-state index in [1.165, 1.54) is 41.7 Å². The molecular formula is C30H14N2S. The third-order valence-electron chi connectivity index (χ3n) is 6.69. The van der Waals surface area contributed by atoms with Crippen molar-refractivity contribution >= 4 is 74.6 Å². The topological polar surface area (TPSA) is 47.6 Å². The summed E-state index contributed by atoms with van der Waals surface area (Å²) in [6, 6.07) is 34.1. The van der Waals surface area contributed by atoms with E-state index in [-0.39, 0.29) is 0 Å². The number of fused-ring (bicyclic) bond motifs is 11. The van der Waals surface area contributed by atoms with Gasteiger partial charge in [0.05, 0.1) is 11.1 Å². The molecule has 0 unspecified atom stereocenters. The van der Waals surface area contributed by atoms with Crippen molar-refractivity contribution in [3.63, 3.8) is 0 Å². The molecule has 0 N–H and O–H groups in total. The Hall–Kier alpha value is -4.44. The van der Waals surface area contributed by atoms with E-state index in [0.717, 1.165) is 21.5 Å². The molecule has 1 heterocycles. The second-order valence-corrected chi connectivity index (χ2v) is 9.45. The highest BCUT2D eigenvalue weighted by Crippen LogP contribution is 2.44. The molecule has 3 heteroatoms. The lowest BCUT2D eigenvalue weighted by Crippen LogP contribution is -1.89. The molecule has 150 valence electrons. The minimum absolute atomic E-state index is 0.418. The quantitative estimate of drug-likeness (QED) is 0.225. The molecule has 0 radical (unpaired) electrons. The molecule has 0 aliphatic carbocycles. The Morgan fingerprint density at radius 3 is 1.94 bits per heavy atom. The van der Waals surface area contributed by atoms with Gasteiger partial charge in [0.15, 0.2) is 0 Å². The summed E-state index contributed by atoms with van der Waals surface area (Å²) in [6.45, 7) is 0. The number of thiophene rings is 1. The molecule has 6 aromatic carbocycles.